The fraction of sp³-hybridized carbons (Fsp3) is 0.438. The van der Waals surface area contributed by atoms with Gasteiger partial charge in [-0.25, -0.2) is 9.37 Å². The minimum Gasteiger partial charge on any atom is -0.481 e. The van der Waals surface area contributed by atoms with Gasteiger partial charge in [0.15, 0.2) is 18.2 Å². The van der Waals surface area contributed by atoms with Crippen molar-refractivity contribution in [2.75, 3.05) is 26.8 Å². The van der Waals surface area contributed by atoms with Gasteiger partial charge in [-0.3, -0.25) is 9.89 Å². The Hall–Kier alpha value is -2.48. The number of benzene rings is 1. The summed E-state index contributed by atoms with van der Waals surface area (Å²) in [5.41, 5.74) is 0. The molecule has 0 radical (unpaired) electrons. The Labute approximate surface area is 138 Å². The molecular formula is C16H19FN4O3. The SMILES string of the molecule is CN(C[C@H]1OCC[C@H]1c1ncn[nH]1)C(=O)COc1ccccc1F. The molecule has 0 spiro atoms. The van der Waals surface area contributed by atoms with Crippen LogP contribution in [0.4, 0.5) is 4.39 Å². The minimum absolute atomic E-state index is 0.0657. The summed E-state index contributed by atoms with van der Waals surface area (Å²) in [7, 11) is 1.67. The summed E-state index contributed by atoms with van der Waals surface area (Å²) in [5, 5.41) is 6.71. The van der Waals surface area contributed by atoms with E-state index in [-0.39, 0.29) is 30.3 Å². The van der Waals surface area contributed by atoms with Gasteiger partial charge in [-0.15, -0.1) is 0 Å². The van der Waals surface area contributed by atoms with Crippen LogP contribution >= 0.6 is 0 Å². The molecule has 2 heterocycles. The number of halogens is 1. The number of rotatable bonds is 6. The van der Waals surface area contributed by atoms with E-state index in [9.17, 15) is 9.18 Å². The van der Waals surface area contributed by atoms with E-state index in [0.717, 1.165) is 12.2 Å². The first-order chi connectivity index (χ1) is 11.6. The molecule has 3 rings (SSSR count). The Morgan fingerprint density at radius 2 is 2.33 bits per heavy atom. The summed E-state index contributed by atoms with van der Waals surface area (Å²) in [6.07, 6.45) is 2.13. The van der Waals surface area contributed by atoms with Gasteiger partial charge in [0, 0.05) is 26.1 Å². The third-order valence-corrected chi connectivity index (χ3v) is 4.06. The van der Waals surface area contributed by atoms with Crippen LogP contribution in [-0.2, 0) is 9.53 Å². The maximum absolute atomic E-state index is 13.5. The number of amides is 1. The van der Waals surface area contributed by atoms with Crippen molar-refractivity contribution in [3.8, 4) is 5.75 Å². The summed E-state index contributed by atoms with van der Waals surface area (Å²) in [6.45, 7) is 0.797. The van der Waals surface area contributed by atoms with Gasteiger partial charge >= 0.3 is 0 Å². The molecule has 128 valence electrons. The van der Waals surface area contributed by atoms with Crippen LogP contribution in [-0.4, -0.2) is 58.9 Å². The zero-order valence-electron chi connectivity index (χ0n) is 13.3. The molecule has 1 aliphatic rings. The number of hydrogen-bond donors (Lipinski definition) is 1. The van der Waals surface area contributed by atoms with E-state index in [1.165, 1.54) is 23.4 Å². The molecule has 24 heavy (non-hydrogen) atoms. The minimum atomic E-state index is -0.488. The molecule has 1 saturated heterocycles. The molecule has 1 amide bonds. The van der Waals surface area contributed by atoms with Crippen molar-refractivity contribution in [1.29, 1.82) is 0 Å². The largest absolute Gasteiger partial charge is 0.481 e. The van der Waals surface area contributed by atoms with Gasteiger partial charge < -0.3 is 14.4 Å². The van der Waals surface area contributed by atoms with Crippen LogP contribution in [0.3, 0.4) is 0 Å². The molecular weight excluding hydrogens is 315 g/mol. The molecule has 0 saturated carbocycles. The average Bonchev–Trinajstić information content (AvgIpc) is 3.24. The number of ether oxygens (including phenoxy) is 2. The normalized spacial score (nSPS) is 20.1. The van der Waals surface area contributed by atoms with E-state index >= 15 is 0 Å². The lowest BCUT2D eigenvalue weighted by Gasteiger charge is -2.24. The zero-order valence-corrected chi connectivity index (χ0v) is 13.3. The topological polar surface area (TPSA) is 80.3 Å². The smallest absolute Gasteiger partial charge is 0.260 e. The number of nitrogens with zero attached hydrogens (tertiary/aromatic N) is 3. The van der Waals surface area contributed by atoms with Crippen LogP contribution in [0.1, 0.15) is 18.2 Å². The van der Waals surface area contributed by atoms with Crippen molar-refractivity contribution in [1.82, 2.24) is 20.1 Å². The number of aromatic nitrogens is 3. The lowest BCUT2D eigenvalue weighted by molar-refractivity contribution is -0.133. The maximum atomic E-state index is 13.5. The van der Waals surface area contributed by atoms with E-state index in [1.54, 1.807) is 19.2 Å². The van der Waals surface area contributed by atoms with E-state index in [2.05, 4.69) is 15.2 Å². The van der Waals surface area contributed by atoms with E-state index in [1.807, 2.05) is 0 Å². The molecule has 1 N–H and O–H groups in total. The van der Waals surface area contributed by atoms with Crippen molar-refractivity contribution in [2.24, 2.45) is 0 Å². The van der Waals surface area contributed by atoms with Gasteiger partial charge in [0.1, 0.15) is 12.2 Å². The number of aromatic amines is 1. The van der Waals surface area contributed by atoms with E-state index in [0.29, 0.717) is 13.2 Å². The lowest BCUT2D eigenvalue weighted by Crippen LogP contribution is -2.38. The molecule has 0 unspecified atom stereocenters. The number of nitrogens with one attached hydrogen (secondary N) is 1. The van der Waals surface area contributed by atoms with Crippen molar-refractivity contribution >= 4 is 5.91 Å². The Morgan fingerprint density at radius 1 is 1.50 bits per heavy atom. The molecule has 2 atom stereocenters. The standard InChI is InChI=1S/C16H19FN4O3/c1-21(15(22)9-24-13-5-3-2-4-12(13)17)8-14-11(6-7-23-14)16-18-10-19-20-16/h2-5,10-11,14H,6-9H2,1H3,(H,18,19,20)/t11-,14-/m1/s1. The summed E-state index contributed by atoms with van der Waals surface area (Å²) in [5.74, 6) is 0.176. The lowest BCUT2D eigenvalue weighted by atomic mass is 10.0. The highest BCUT2D eigenvalue weighted by Gasteiger charge is 2.33. The van der Waals surface area contributed by atoms with Gasteiger partial charge in [0.25, 0.3) is 5.91 Å². The number of carbonyl (C=O) groups excluding carboxylic acids is 1. The highest BCUT2D eigenvalue weighted by Crippen LogP contribution is 2.29. The quantitative estimate of drug-likeness (QED) is 0.863. The second-order valence-electron chi connectivity index (χ2n) is 5.67. The third-order valence-electron chi connectivity index (χ3n) is 4.06. The summed E-state index contributed by atoms with van der Waals surface area (Å²) >= 11 is 0. The molecule has 1 aromatic heterocycles. The molecule has 1 aliphatic heterocycles. The monoisotopic (exact) mass is 334 g/mol. The Balaban J connectivity index is 1.53. The van der Waals surface area contributed by atoms with Gasteiger partial charge in [-0.2, -0.15) is 5.10 Å². The van der Waals surface area contributed by atoms with Crippen LogP contribution in [0.5, 0.6) is 5.75 Å². The van der Waals surface area contributed by atoms with Gasteiger partial charge in [0.2, 0.25) is 0 Å². The van der Waals surface area contributed by atoms with Crippen molar-refractivity contribution in [2.45, 2.75) is 18.4 Å². The highest BCUT2D eigenvalue weighted by atomic mass is 19.1. The number of likely N-dealkylation sites (N-methyl/N-ethyl adjacent to an activating group) is 1. The van der Waals surface area contributed by atoms with Crippen molar-refractivity contribution in [3.63, 3.8) is 0 Å². The third kappa shape index (κ3) is 3.70. The number of para-hydroxylation sites is 1. The highest BCUT2D eigenvalue weighted by molar-refractivity contribution is 5.77. The van der Waals surface area contributed by atoms with Crippen LogP contribution < -0.4 is 4.74 Å². The Kier molecular flexibility index (Phi) is 5.05. The van der Waals surface area contributed by atoms with Gasteiger partial charge in [-0.1, -0.05) is 12.1 Å². The Bertz CT molecular complexity index is 680. The first-order valence-corrected chi connectivity index (χ1v) is 7.73. The predicted molar refractivity (Wildman–Crippen MR) is 83.0 cm³/mol. The molecule has 0 bridgehead atoms. The van der Waals surface area contributed by atoms with E-state index < -0.39 is 5.82 Å². The predicted octanol–water partition coefficient (Wildman–Crippen LogP) is 1.35. The molecule has 2 aromatic rings. The summed E-state index contributed by atoms with van der Waals surface area (Å²) in [6, 6.07) is 6.00. The second kappa shape index (κ2) is 7.39. The van der Waals surface area contributed by atoms with Crippen molar-refractivity contribution in [3.05, 3.63) is 42.2 Å². The zero-order chi connectivity index (χ0) is 16.9. The van der Waals surface area contributed by atoms with Gasteiger partial charge in [-0.05, 0) is 18.6 Å². The fourth-order valence-corrected chi connectivity index (χ4v) is 2.72. The maximum Gasteiger partial charge on any atom is 0.260 e. The van der Waals surface area contributed by atoms with Crippen LogP contribution in [0, 0.1) is 5.82 Å². The molecule has 8 heteroatoms. The summed E-state index contributed by atoms with van der Waals surface area (Å²) in [4.78, 5) is 17.9. The van der Waals surface area contributed by atoms with Crippen LogP contribution in [0.15, 0.2) is 30.6 Å². The first-order valence-electron chi connectivity index (χ1n) is 7.73. The molecule has 0 aliphatic carbocycles. The Morgan fingerprint density at radius 3 is 3.08 bits per heavy atom. The number of hydrogen-bond acceptors (Lipinski definition) is 5. The molecule has 1 fully saturated rings. The van der Waals surface area contributed by atoms with Crippen molar-refractivity contribution < 1.29 is 18.7 Å². The molecule has 1 aromatic carbocycles. The average molecular weight is 334 g/mol. The number of H-pyrrole nitrogens is 1. The first kappa shape index (κ1) is 16.4. The second-order valence-corrected chi connectivity index (χ2v) is 5.67. The fourth-order valence-electron chi connectivity index (χ4n) is 2.72. The number of carbonyl (C=O) groups is 1. The van der Waals surface area contributed by atoms with Gasteiger partial charge in [0.05, 0.1) is 6.10 Å². The summed E-state index contributed by atoms with van der Waals surface area (Å²) < 4.78 is 24.4. The van der Waals surface area contributed by atoms with Crippen LogP contribution in [0.2, 0.25) is 0 Å². The molecule has 7 nitrogen and oxygen atoms in total. The van der Waals surface area contributed by atoms with Crippen LogP contribution in [0.25, 0.3) is 0 Å². The van der Waals surface area contributed by atoms with E-state index in [4.69, 9.17) is 9.47 Å².